The summed E-state index contributed by atoms with van der Waals surface area (Å²) in [6.45, 7) is 0. The second-order valence-electron chi connectivity index (χ2n) is 4.72. The van der Waals surface area contributed by atoms with Gasteiger partial charge in [-0.1, -0.05) is 58.3 Å². The largest absolute Gasteiger partial charge is 0.398 e. The molecule has 0 radical (unpaired) electrons. The van der Waals surface area contributed by atoms with E-state index in [1.807, 2.05) is 0 Å². The monoisotopic (exact) mass is 471 g/mol. The summed E-state index contributed by atoms with van der Waals surface area (Å²) >= 11 is 0. The third-order valence-corrected chi connectivity index (χ3v) is 6.13. The van der Waals surface area contributed by atoms with E-state index in [0.29, 0.717) is 0 Å². The van der Waals surface area contributed by atoms with Gasteiger partial charge in [0.1, 0.15) is 4.90 Å². The molecule has 25 heavy (non-hydrogen) atoms. The van der Waals surface area contributed by atoms with Crippen molar-refractivity contribution < 1.29 is 58.3 Å². The van der Waals surface area contributed by atoms with Gasteiger partial charge in [0.25, 0.3) is 0 Å². The molecule has 19 heteroatoms. The molecule has 0 aliphatic heterocycles. The zero-order chi connectivity index (χ0) is 20.9. The Balaban J connectivity index is 4.58. The van der Waals surface area contributed by atoms with E-state index >= 15 is 0 Å². The average Bonchev–Trinajstić information content (AvgIpc) is 2.03. The molecule has 156 valence electrons. The van der Waals surface area contributed by atoms with Gasteiger partial charge in [-0.15, -0.1) is 0 Å². The van der Waals surface area contributed by atoms with Crippen LogP contribution < -0.4 is 5.73 Å². The Kier molecular flexibility index (Phi) is 2.93. The van der Waals surface area contributed by atoms with E-state index in [1.165, 1.54) is 0 Å². The van der Waals surface area contributed by atoms with E-state index < -0.39 is 63.2 Å². The first-order valence-corrected chi connectivity index (χ1v) is 10.7. The van der Waals surface area contributed by atoms with Crippen LogP contribution in [-0.4, -0.2) is 0 Å². The number of nitrogens with two attached hydrogens (primary N) is 1. The van der Waals surface area contributed by atoms with Gasteiger partial charge in [-0.25, -0.2) is 0 Å². The molecule has 0 amide bonds. The fraction of sp³-hybridized carbons (Fsp3) is 0. The first-order valence-electron chi connectivity index (χ1n) is 4.88. The normalized spacial score (nSPS) is 22.7. The second-order valence-corrected chi connectivity index (χ2v) is 11.8. The van der Waals surface area contributed by atoms with Crippen LogP contribution in [-0.2, 0) is 0 Å². The van der Waals surface area contributed by atoms with Crippen molar-refractivity contribution in [3.63, 3.8) is 0 Å². The molecule has 0 spiro atoms. The van der Waals surface area contributed by atoms with Crippen LogP contribution in [0.4, 0.5) is 64.0 Å². The standard InChI is InChI=1S/C6H4F15NS3/c7-23(8,9,10,11)4-2-1-3(22)5(24(12,13,14,15)16)6(4)25(17,18,19,20)21/h1-2H,22H2. The Morgan fingerprint density at radius 2 is 0.800 bits per heavy atom. The molecule has 1 aromatic rings. The highest BCUT2D eigenvalue weighted by Crippen LogP contribution is 3.14. The van der Waals surface area contributed by atoms with Gasteiger partial charge in [0.2, 0.25) is 0 Å². The van der Waals surface area contributed by atoms with Crippen molar-refractivity contribution >= 4 is 36.4 Å². The lowest BCUT2D eigenvalue weighted by Crippen LogP contribution is -2.22. The minimum atomic E-state index is -12.4. The predicted octanol–water partition coefficient (Wildman–Crippen LogP) is 9.24. The Bertz CT molecular complexity index is 783. The number of nitrogen functional groups attached to an aromatic ring is 1. The topological polar surface area (TPSA) is 26.0 Å². The number of hydrogen-bond donors (Lipinski definition) is 1. The number of rotatable bonds is 3. The SMILES string of the molecule is Nc1ccc(S(F)(F)(F)(F)F)c(S(F)(F)(F)(F)F)c1S(F)(F)(F)(F)F. The van der Waals surface area contributed by atoms with Gasteiger partial charge >= 0.3 is 30.7 Å². The predicted molar refractivity (Wildman–Crippen MR) is 65.0 cm³/mol. The lowest BCUT2D eigenvalue weighted by atomic mass is 10.3. The van der Waals surface area contributed by atoms with Crippen molar-refractivity contribution in [1.29, 1.82) is 0 Å². The highest BCUT2D eigenvalue weighted by Gasteiger charge is 2.81. The van der Waals surface area contributed by atoms with Gasteiger partial charge < -0.3 is 5.73 Å². The highest BCUT2D eigenvalue weighted by atomic mass is 32.5. The molecule has 0 aliphatic rings. The summed E-state index contributed by atoms with van der Waals surface area (Å²) in [6, 6.07) is -2.61. The van der Waals surface area contributed by atoms with Gasteiger partial charge in [-0.05, 0) is 12.1 Å². The van der Waals surface area contributed by atoms with Crippen LogP contribution in [0.25, 0.3) is 0 Å². The minimum absolute atomic E-state index is 1.05. The first kappa shape index (κ1) is 22.1. The second kappa shape index (κ2) is 3.32. The maximum absolute atomic E-state index is 12.7. The van der Waals surface area contributed by atoms with Gasteiger partial charge in [-0.2, -0.15) is 0 Å². The minimum Gasteiger partial charge on any atom is -0.398 e. The summed E-state index contributed by atoms with van der Waals surface area (Å²) in [7, 11) is -36.4. The smallest absolute Gasteiger partial charge is 0.313 e. The van der Waals surface area contributed by atoms with Crippen molar-refractivity contribution in [3.8, 4) is 0 Å². The maximum atomic E-state index is 12.7. The number of halogens is 15. The van der Waals surface area contributed by atoms with E-state index in [1.54, 1.807) is 0 Å². The molecule has 0 saturated carbocycles. The van der Waals surface area contributed by atoms with E-state index in [9.17, 15) is 58.3 Å². The average molecular weight is 471 g/mol. The third kappa shape index (κ3) is 4.80. The van der Waals surface area contributed by atoms with Gasteiger partial charge in [0.05, 0.1) is 5.69 Å². The Labute approximate surface area is 128 Å². The van der Waals surface area contributed by atoms with Crippen molar-refractivity contribution in [3.05, 3.63) is 12.1 Å². The van der Waals surface area contributed by atoms with Gasteiger partial charge in [-0.3, -0.25) is 0 Å². The van der Waals surface area contributed by atoms with Crippen LogP contribution >= 0.6 is 30.7 Å². The molecule has 0 aromatic heterocycles. The number of hydrogen-bond acceptors (Lipinski definition) is 1. The van der Waals surface area contributed by atoms with Crippen LogP contribution in [0.3, 0.4) is 0 Å². The van der Waals surface area contributed by atoms with E-state index in [-0.39, 0.29) is 0 Å². The fourth-order valence-corrected chi connectivity index (χ4v) is 6.25. The molecule has 0 fully saturated rings. The van der Waals surface area contributed by atoms with E-state index in [0.717, 1.165) is 0 Å². The summed E-state index contributed by atoms with van der Waals surface area (Å²) in [5.74, 6) is 0. The molecular weight excluding hydrogens is 467 g/mol. The molecular formula is C6H4F15NS3. The molecule has 0 atom stereocenters. The number of anilines is 1. The fourth-order valence-electron chi connectivity index (χ4n) is 1.63. The lowest BCUT2D eigenvalue weighted by molar-refractivity contribution is 0.320. The highest BCUT2D eigenvalue weighted by molar-refractivity contribution is 8.49. The van der Waals surface area contributed by atoms with Crippen molar-refractivity contribution in [2.45, 2.75) is 14.7 Å². The molecule has 1 aromatic carbocycles. The molecule has 0 saturated heterocycles. The zero-order valence-electron chi connectivity index (χ0n) is 10.6. The van der Waals surface area contributed by atoms with Crippen LogP contribution in [0, 0.1) is 0 Å². The van der Waals surface area contributed by atoms with Gasteiger partial charge in [0, 0.05) is 0 Å². The summed E-state index contributed by atoms with van der Waals surface area (Å²) in [5, 5.41) is 0. The molecule has 0 bridgehead atoms. The van der Waals surface area contributed by atoms with Crippen molar-refractivity contribution in [2.75, 3.05) is 5.73 Å². The van der Waals surface area contributed by atoms with Crippen molar-refractivity contribution in [2.24, 2.45) is 0 Å². The zero-order valence-corrected chi connectivity index (χ0v) is 13.1. The lowest BCUT2D eigenvalue weighted by Gasteiger charge is -2.52. The third-order valence-electron chi connectivity index (χ3n) is 2.29. The maximum Gasteiger partial charge on any atom is 0.313 e. The number of benzene rings is 1. The summed E-state index contributed by atoms with van der Waals surface area (Å²) in [4.78, 5) is -15.3. The van der Waals surface area contributed by atoms with Crippen molar-refractivity contribution in [1.82, 2.24) is 0 Å². The van der Waals surface area contributed by atoms with Crippen LogP contribution in [0.15, 0.2) is 26.8 Å². The molecule has 0 unspecified atom stereocenters. The van der Waals surface area contributed by atoms with E-state index in [4.69, 9.17) is 0 Å². The van der Waals surface area contributed by atoms with Crippen LogP contribution in [0.1, 0.15) is 0 Å². The Morgan fingerprint density at radius 1 is 0.480 bits per heavy atom. The first-order chi connectivity index (χ1) is 9.72. The molecule has 1 rings (SSSR count). The molecule has 1 nitrogen and oxygen atoms in total. The van der Waals surface area contributed by atoms with Crippen LogP contribution in [0.2, 0.25) is 0 Å². The summed E-state index contributed by atoms with van der Waals surface area (Å²) in [5.41, 5.74) is 1.17. The molecule has 0 aliphatic carbocycles. The summed E-state index contributed by atoms with van der Waals surface area (Å²) in [6.07, 6.45) is 0. The Hall–Kier alpha value is -0.980. The molecule has 0 heterocycles. The molecule has 2 N–H and O–H groups in total. The summed E-state index contributed by atoms with van der Waals surface area (Å²) < 4.78 is 190. The Morgan fingerprint density at radius 3 is 1.04 bits per heavy atom. The van der Waals surface area contributed by atoms with Crippen LogP contribution in [0.5, 0.6) is 0 Å². The van der Waals surface area contributed by atoms with Gasteiger partial charge in [0.15, 0.2) is 9.79 Å². The quantitative estimate of drug-likeness (QED) is 0.345. The van der Waals surface area contributed by atoms with E-state index in [2.05, 4.69) is 5.73 Å².